The number of likely N-dealkylation sites (N-methyl/N-ethyl adjacent to an activating group) is 2. The highest BCUT2D eigenvalue weighted by molar-refractivity contribution is 6.30. The number of guanidine groups is 1. The molecule has 0 radical (unpaired) electrons. The number of halogens is 1. The number of rotatable bonds is 1. The Morgan fingerprint density at radius 3 is 2.52 bits per heavy atom. The van der Waals surface area contributed by atoms with Crippen molar-refractivity contribution in [3.63, 3.8) is 0 Å². The van der Waals surface area contributed by atoms with Gasteiger partial charge in [0.25, 0.3) is 5.91 Å². The van der Waals surface area contributed by atoms with Crippen LogP contribution in [0, 0.1) is 5.92 Å². The van der Waals surface area contributed by atoms with Crippen LogP contribution in [0.5, 0.6) is 0 Å². The van der Waals surface area contributed by atoms with Crippen LogP contribution in [0.1, 0.15) is 6.92 Å². The lowest BCUT2D eigenvalue weighted by atomic mass is 10.1. The minimum atomic E-state index is -0.541. The van der Waals surface area contributed by atoms with Gasteiger partial charge in [0.2, 0.25) is 11.9 Å². The zero-order valence-corrected chi connectivity index (χ0v) is 15.1. The van der Waals surface area contributed by atoms with E-state index in [2.05, 4.69) is 16.8 Å². The molecule has 2 unspecified atom stereocenters. The molecule has 1 aromatic carbocycles. The predicted octanol–water partition coefficient (Wildman–Crippen LogP) is 1.47. The second-order valence-electron chi connectivity index (χ2n) is 6.76. The normalized spacial score (nSPS) is 26.1. The molecule has 3 heterocycles. The third kappa shape index (κ3) is 2.33. The van der Waals surface area contributed by atoms with E-state index in [0.717, 1.165) is 18.8 Å². The molecule has 1 fully saturated rings. The van der Waals surface area contributed by atoms with E-state index in [-0.39, 0.29) is 11.9 Å². The number of carbonyl (C=O) groups excluding carboxylic acids is 2. The minimum absolute atomic E-state index is 0.234. The number of imide groups is 1. The summed E-state index contributed by atoms with van der Waals surface area (Å²) >= 11 is 6.00. The molecular formula is C17H19ClN5O2+. The van der Waals surface area contributed by atoms with E-state index in [9.17, 15) is 9.59 Å². The molecule has 1 saturated heterocycles. The van der Waals surface area contributed by atoms with E-state index < -0.39 is 6.04 Å². The van der Waals surface area contributed by atoms with Crippen LogP contribution in [0.15, 0.2) is 29.3 Å². The molecule has 1 aromatic rings. The highest BCUT2D eigenvalue weighted by Gasteiger charge is 2.54. The van der Waals surface area contributed by atoms with Gasteiger partial charge in [-0.25, -0.2) is 14.3 Å². The van der Waals surface area contributed by atoms with E-state index in [4.69, 9.17) is 11.6 Å². The van der Waals surface area contributed by atoms with Gasteiger partial charge >= 0.3 is 12.0 Å². The van der Waals surface area contributed by atoms with Crippen molar-refractivity contribution in [2.24, 2.45) is 10.9 Å². The van der Waals surface area contributed by atoms with Gasteiger partial charge in [-0.2, -0.15) is 0 Å². The number of aliphatic imine (C=N–C) groups is 1. The van der Waals surface area contributed by atoms with E-state index in [0.29, 0.717) is 22.7 Å². The van der Waals surface area contributed by atoms with Crippen LogP contribution < -0.4 is 4.90 Å². The summed E-state index contributed by atoms with van der Waals surface area (Å²) in [5.74, 6) is 1.32. The van der Waals surface area contributed by atoms with Crippen molar-refractivity contribution in [2.45, 2.75) is 13.0 Å². The van der Waals surface area contributed by atoms with Crippen LogP contribution in [0.25, 0.3) is 0 Å². The minimum Gasteiger partial charge on any atom is -0.270 e. The highest BCUT2D eigenvalue weighted by Crippen LogP contribution is 2.28. The smallest absolute Gasteiger partial charge is 0.270 e. The number of carbonyl (C=O) groups is 2. The first-order chi connectivity index (χ1) is 11.9. The highest BCUT2D eigenvalue weighted by atomic mass is 35.5. The van der Waals surface area contributed by atoms with Crippen LogP contribution in [-0.4, -0.2) is 71.3 Å². The van der Waals surface area contributed by atoms with E-state index in [1.54, 1.807) is 7.05 Å². The molecule has 3 aliphatic heterocycles. The molecule has 3 aliphatic rings. The summed E-state index contributed by atoms with van der Waals surface area (Å²) in [5.41, 5.74) is 0.966. The van der Waals surface area contributed by atoms with Gasteiger partial charge in [-0.3, -0.25) is 14.6 Å². The Morgan fingerprint density at radius 2 is 1.84 bits per heavy atom. The van der Waals surface area contributed by atoms with E-state index >= 15 is 0 Å². The number of anilines is 1. The van der Waals surface area contributed by atoms with Crippen LogP contribution in [0.3, 0.4) is 0 Å². The van der Waals surface area contributed by atoms with Gasteiger partial charge < -0.3 is 0 Å². The SMILES string of the molecule is CC1CN(c2ccc(Cl)cc2)C2=[N+](C1)C1C(=O)N(C)C(=O)N(C)C1=N2. The van der Waals surface area contributed by atoms with Crippen molar-refractivity contribution in [1.82, 2.24) is 9.80 Å². The Labute approximate surface area is 150 Å². The van der Waals surface area contributed by atoms with Gasteiger partial charge in [0.1, 0.15) is 5.69 Å². The maximum Gasteiger partial charge on any atom is 0.397 e. The van der Waals surface area contributed by atoms with Crippen LogP contribution in [0.2, 0.25) is 5.02 Å². The summed E-state index contributed by atoms with van der Waals surface area (Å²) < 4.78 is 2.00. The average Bonchev–Trinajstić information content (AvgIpc) is 2.97. The average molecular weight is 361 g/mol. The zero-order chi connectivity index (χ0) is 17.9. The Hall–Kier alpha value is -2.41. The van der Waals surface area contributed by atoms with Gasteiger partial charge in [-0.1, -0.05) is 23.5 Å². The van der Waals surface area contributed by atoms with Crippen LogP contribution in [0.4, 0.5) is 10.5 Å². The Balaban J connectivity index is 1.81. The van der Waals surface area contributed by atoms with Crippen LogP contribution in [-0.2, 0) is 4.79 Å². The third-order valence-electron chi connectivity index (χ3n) is 4.89. The maximum atomic E-state index is 12.7. The van der Waals surface area contributed by atoms with Crippen molar-refractivity contribution in [1.29, 1.82) is 0 Å². The number of fused-ring (bicyclic) bond motifs is 2. The van der Waals surface area contributed by atoms with Gasteiger partial charge in [-0.15, -0.1) is 0 Å². The van der Waals surface area contributed by atoms with Gasteiger partial charge in [-0.05, 0) is 24.3 Å². The Morgan fingerprint density at radius 1 is 1.16 bits per heavy atom. The molecule has 0 aromatic heterocycles. The van der Waals surface area contributed by atoms with Gasteiger partial charge in [0.15, 0.2) is 0 Å². The first-order valence-electron chi connectivity index (χ1n) is 8.19. The second kappa shape index (κ2) is 5.56. The molecule has 4 rings (SSSR count). The van der Waals surface area contributed by atoms with E-state index in [1.165, 1.54) is 16.8 Å². The Bertz CT molecular complexity index is 832. The molecule has 2 atom stereocenters. The fourth-order valence-electron chi connectivity index (χ4n) is 3.62. The zero-order valence-electron chi connectivity index (χ0n) is 14.3. The number of hydrogen-bond acceptors (Lipinski definition) is 4. The number of nitrogens with zero attached hydrogens (tertiary/aromatic N) is 5. The number of urea groups is 1. The molecular weight excluding hydrogens is 342 g/mol. The molecule has 0 bridgehead atoms. The molecule has 0 spiro atoms. The summed E-state index contributed by atoms with van der Waals surface area (Å²) in [6.07, 6.45) is 0. The van der Waals surface area contributed by atoms with Crippen LogP contribution >= 0.6 is 11.6 Å². The molecule has 0 N–H and O–H groups in total. The monoisotopic (exact) mass is 360 g/mol. The van der Waals surface area contributed by atoms with Gasteiger partial charge in [0, 0.05) is 25.0 Å². The van der Waals surface area contributed by atoms with Crippen molar-refractivity contribution in [3.05, 3.63) is 29.3 Å². The first-order valence-corrected chi connectivity index (χ1v) is 8.57. The van der Waals surface area contributed by atoms with Gasteiger partial charge in [0.05, 0.1) is 13.1 Å². The lowest BCUT2D eigenvalue weighted by Gasteiger charge is -2.33. The summed E-state index contributed by atoms with van der Waals surface area (Å²) in [5, 5.41) is 0.671. The molecule has 130 valence electrons. The van der Waals surface area contributed by atoms with Crippen molar-refractivity contribution >= 4 is 41.0 Å². The standard InChI is InChI=1S/C17H19ClN5O2/c1-10-8-22(12-6-4-11(18)5-7-12)16-19-14-13(23(16)9-10)15(24)21(3)17(25)20(14)2/h4-7,10,13H,8-9H2,1-3H3/q+1. The fourth-order valence-corrected chi connectivity index (χ4v) is 3.74. The number of benzene rings is 1. The summed E-state index contributed by atoms with van der Waals surface area (Å²) in [4.78, 5) is 34.3. The van der Waals surface area contributed by atoms with Crippen molar-refractivity contribution in [3.8, 4) is 0 Å². The second-order valence-corrected chi connectivity index (χ2v) is 7.19. The lowest BCUT2D eigenvalue weighted by Crippen LogP contribution is -2.62. The van der Waals surface area contributed by atoms with Crippen molar-refractivity contribution in [2.75, 3.05) is 32.1 Å². The number of amides is 3. The third-order valence-corrected chi connectivity index (χ3v) is 5.14. The predicted molar refractivity (Wildman–Crippen MR) is 95.2 cm³/mol. The maximum absolute atomic E-state index is 12.7. The topological polar surface area (TPSA) is 59.2 Å². The molecule has 3 amide bonds. The first kappa shape index (κ1) is 16.1. The fraction of sp³-hybridized carbons (Fsp3) is 0.412. The Kier molecular flexibility index (Phi) is 3.57. The summed E-state index contributed by atoms with van der Waals surface area (Å²) in [6.45, 7) is 3.65. The molecule has 25 heavy (non-hydrogen) atoms. The molecule has 8 heteroatoms. The summed E-state index contributed by atoms with van der Waals surface area (Å²) in [6, 6.07) is 6.66. The molecule has 0 saturated carbocycles. The number of hydrogen-bond donors (Lipinski definition) is 0. The quantitative estimate of drug-likeness (QED) is 0.713. The lowest BCUT2D eigenvalue weighted by molar-refractivity contribution is -0.545. The van der Waals surface area contributed by atoms with Crippen molar-refractivity contribution < 1.29 is 14.2 Å². The molecule has 7 nitrogen and oxygen atoms in total. The van der Waals surface area contributed by atoms with E-state index in [1.807, 2.05) is 28.8 Å². The summed E-state index contributed by atoms with van der Waals surface area (Å²) in [7, 11) is 3.17. The molecule has 0 aliphatic carbocycles. The largest absolute Gasteiger partial charge is 0.397 e. The number of amidine groups is 1.